The number of sulfonamides is 1. The van der Waals surface area contributed by atoms with Crippen molar-refractivity contribution < 1.29 is 22.7 Å². The van der Waals surface area contributed by atoms with E-state index in [9.17, 15) is 18.0 Å². The van der Waals surface area contributed by atoms with Crippen LogP contribution in [0.2, 0.25) is 0 Å². The monoisotopic (exact) mass is 484 g/mol. The van der Waals surface area contributed by atoms with Crippen molar-refractivity contribution in [2.45, 2.75) is 51.5 Å². The lowest BCUT2D eigenvalue weighted by Gasteiger charge is -2.25. The van der Waals surface area contributed by atoms with Gasteiger partial charge < -0.3 is 10.1 Å². The van der Waals surface area contributed by atoms with E-state index in [2.05, 4.69) is 5.32 Å². The second-order valence-corrected chi connectivity index (χ2v) is 10.9. The van der Waals surface area contributed by atoms with E-state index >= 15 is 0 Å². The summed E-state index contributed by atoms with van der Waals surface area (Å²) >= 11 is 0. The molecule has 3 rings (SSSR count). The van der Waals surface area contributed by atoms with E-state index in [4.69, 9.17) is 4.74 Å². The summed E-state index contributed by atoms with van der Waals surface area (Å²) in [5.74, 6) is -0.550. The van der Waals surface area contributed by atoms with Crippen LogP contribution < -0.4 is 9.62 Å². The van der Waals surface area contributed by atoms with E-state index in [0.29, 0.717) is 35.2 Å². The molecular weight excluding hydrogens is 452 g/mol. The molecule has 0 aliphatic carbocycles. The van der Waals surface area contributed by atoms with Crippen molar-refractivity contribution in [3.63, 3.8) is 0 Å². The summed E-state index contributed by atoms with van der Waals surface area (Å²) in [5.41, 5.74) is 2.03. The van der Waals surface area contributed by atoms with Crippen LogP contribution in [0.15, 0.2) is 66.2 Å². The maximum atomic E-state index is 13.1. The Morgan fingerprint density at radius 2 is 1.88 bits per heavy atom. The van der Waals surface area contributed by atoms with Crippen molar-refractivity contribution in [1.82, 2.24) is 5.32 Å². The van der Waals surface area contributed by atoms with E-state index in [1.54, 1.807) is 61.5 Å². The lowest BCUT2D eigenvalue weighted by Crippen LogP contribution is -2.44. The van der Waals surface area contributed by atoms with Crippen LogP contribution >= 0.6 is 0 Å². The first kappa shape index (κ1) is 25.5. The maximum absolute atomic E-state index is 13.1. The number of allylic oxidation sites excluding steroid dienone is 1. The topological polar surface area (TPSA) is 92.8 Å². The minimum atomic E-state index is -3.64. The van der Waals surface area contributed by atoms with Gasteiger partial charge in [-0.3, -0.25) is 9.10 Å². The highest BCUT2D eigenvalue weighted by Gasteiger charge is 2.35. The zero-order valence-corrected chi connectivity index (χ0v) is 20.8. The van der Waals surface area contributed by atoms with Gasteiger partial charge in [-0.1, -0.05) is 56.3 Å². The van der Waals surface area contributed by atoms with Crippen LogP contribution in [0.5, 0.6) is 0 Å². The molecule has 0 saturated carbocycles. The van der Waals surface area contributed by atoms with Crippen molar-refractivity contribution in [2.24, 2.45) is 5.92 Å². The number of benzene rings is 2. The smallest absolute Gasteiger partial charge is 0.334 e. The molecule has 1 heterocycles. The SMILES string of the molecule is CC=C1C[C@H]([C@H](CC(C)C)NC(=O)c2cccc(N(C)S(=O)(=O)Cc3ccccc3)c2)OC1=O. The Bertz CT molecular complexity index is 1160. The van der Waals surface area contributed by atoms with Crippen LogP contribution in [0.4, 0.5) is 5.69 Å². The Kier molecular flexibility index (Phi) is 8.15. The summed E-state index contributed by atoms with van der Waals surface area (Å²) in [6, 6.07) is 15.1. The van der Waals surface area contributed by atoms with Gasteiger partial charge in [0.05, 0.1) is 17.5 Å². The van der Waals surface area contributed by atoms with Gasteiger partial charge in [-0.25, -0.2) is 13.2 Å². The second-order valence-electron chi connectivity index (χ2n) is 8.93. The van der Waals surface area contributed by atoms with E-state index in [1.807, 2.05) is 19.9 Å². The molecule has 0 unspecified atom stereocenters. The van der Waals surface area contributed by atoms with Crippen LogP contribution in [0.3, 0.4) is 0 Å². The van der Waals surface area contributed by atoms with Gasteiger partial charge in [0, 0.05) is 24.6 Å². The molecular formula is C26H32N2O5S. The third-order valence-corrected chi connectivity index (χ3v) is 7.61. The molecule has 1 aliphatic heterocycles. The zero-order chi connectivity index (χ0) is 24.9. The van der Waals surface area contributed by atoms with E-state index in [-0.39, 0.29) is 29.6 Å². The molecule has 7 nitrogen and oxygen atoms in total. The average Bonchev–Trinajstić information content (AvgIpc) is 3.19. The quantitative estimate of drug-likeness (QED) is 0.428. The minimum Gasteiger partial charge on any atom is -0.456 e. The third kappa shape index (κ3) is 6.26. The molecule has 182 valence electrons. The predicted molar refractivity (Wildman–Crippen MR) is 133 cm³/mol. The molecule has 2 atom stereocenters. The number of ether oxygens (including phenoxy) is 1. The van der Waals surface area contributed by atoms with Gasteiger partial charge in [0.15, 0.2) is 0 Å². The summed E-state index contributed by atoms with van der Waals surface area (Å²) in [5, 5.41) is 3.01. The lowest BCUT2D eigenvalue weighted by molar-refractivity contribution is -0.140. The number of rotatable bonds is 9. The lowest BCUT2D eigenvalue weighted by atomic mass is 9.96. The number of cyclic esters (lactones) is 1. The average molecular weight is 485 g/mol. The standard InChI is InChI=1S/C26H32N2O5S/c1-5-20-16-24(33-26(20)30)23(14-18(2)3)27-25(29)21-12-9-13-22(15-21)28(4)34(31,32)17-19-10-7-6-8-11-19/h5-13,15,18,23-24H,14,16-17H2,1-4H3,(H,27,29)/t23-,24+/m0/s1. The molecule has 1 amide bonds. The van der Waals surface area contributed by atoms with Gasteiger partial charge in [0.1, 0.15) is 6.10 Å². The fourth-order valence-electron chi connectivity index (χ4n) is 3.96. The number of hydrogen-bond donors (Lipinski definition) is 1. The van der Waals surface area contributed by atoms with Crippen molar-refractivity contribution in [3.05, 3.63) is 77.4 Å². The van der Waals surface area contributed by atoms with E-state index in [0.717, 1.165) is 0 Å². The van der Waals surface area contributed by atoms with Gasteiger partial charge >= 0.3 is 5.97 Å². The molecule has 2 aromatic rings. The molecule has 1 saturated heterocycles. The summed E-state index contributed by atoms with van der Waals surface area (Å²) < 4.78 is 32.5. The molecule has 0 radical (unpaired) electrons. The summed E-state index contributed by atoms with van der Waals surface area (Å²) in [4.78, 5) is 25.1. The van der Waals surface area contributed by atoms with Crippen LogP contribution in [0, 0.1) is 5.92 Å². The number of carbonyl (C=O) groups excluding carboxylic acids is 2. The molecule has 1 aliphatic rings. The first-order valence-electron chi connectivity index (χ1n) is 11.4. The van der Waals surface area contributed by atoms with E-state index < -0.39 is 16.1 Å². The highest BCUT2D eigenvalue weighted by Crippen LogP contribution is 2.26. The highest BCUT2D eigenvalue weighted by atomic mass is 32.2. The largest absolute Gasteiger partial charge is 0.456 e. The van der Waals surface area contributed by atoms with Crippen molar-refractivity contribution in [2.75, 3.05) is 11.4 Å². The summed E-state index contributed by atoms with van der Waals surface area (Å²) in [6.07, 6.45) is 2.41. The van der Waals surface area contributed by atoms with Gasteiger partial charge in [0.25, 0.3) is 5.91 Å². The number of hydrogen-bond acceptors (Lipinski definition) is 5. The molecule has 2 aromatic carbocycles. The second kappa shape index (κ2) is 10.9. The Labute approximate surface area is 201 Å². The molecule has 1 fully saturated rings. The van der Waals surface area contributed by atoms with E-state index in [1.165, 1.54) is 11.4 Å². The first-order valence-corrected chi connectivity index (χ1v) is 13.0. The van der Waals surface area contributed by atoms with Crippen molar-refractivity contribution in [1.29, 1.82) is 0 Å². The molecule has 34 heavy (non-hydrogen) atoms. The number of carbonyl (C=O) groups is 2. The highest BCUT2D eigenvalue weighted by molar-refractivity contribution is 7.92. The van der Waals surface area contributed by atoms with Crippen LogP contribution in [-0.4, -0.2) is 39.5 Å². The van der Waals surface area contributed by atoms with Gasteiger partial charge in [-0.05, 0) is 43.0 Å². The Morgan fingerprint density at radius 3 is 2.50 bits per heavy atom. The summed E-state index contributed by atoms with van der Waals surface area (Å²) in [7, 11) is -2.16. The Hall–Kier alpha value is -3.13. The minimum absolute atomic E-state index is 0.141. The number of amides is 1. The fraction of sp³-hybridized carbons (Fsp3) is 0.385. The maximum Gasteiger partial charge on any atom is 0.334 e. The number of esters is 1. The molecule has 0 spiro atoms. The van der Waals surface area contributed by atoms with Crippen LogP contribution in [-0.2, 0) is 25.3 Å². The van der Waals surface area contributed by atoms with Crippen molar-refractivity contribution in [3.8, 4) is 0 Å². The van der Waals surface area contributed by atoms with Gasteiger partial charge in [-0.15, -0.1) is 0 Å². The number of anilines is 1. The van der Waals surface area contributed by atoms with Crippen LogP contribution in [0.25, 0.3) is 0 Å². The molecule has 1 N–H and O–H groups in total. The molecule has 0 bridgehead atoms. The summed E-state index contributed by atoms with van der Waals surface area (Å²) in [6.45, 7) is 5.88. The van der Waals surface area contributed by atoms with Crippen LogP contribution in [0.1, 0.15) is 49.5 Å². The van der Waals surface area contributed by atoms with Crippen molar-refractivity contribution >= 4 is 27.6 Å². The Morgan fingerprint density at radius 1 is 1.18 bits per heavy atom. The molecule has 0 aromatic heterocycles. The normalized spacial score (nSPS) is 18.1. The molecule has 8 heteroatoms. The third-order valence-electron chi connectivity index (χ3n) is 5.86. The zero-order valence-electron chi connectivity index (χ0n) is 20.0. The number of nitrogens with one attached hydrogen (secondary N) is 1. The van der Waals surface area contributed by atoms with Gasteiger partial charge in [0.2, 0.25) is 10.0 Å². The fourth-order valence-corrected chi connectivity index (χ4v) is 5.21. The first-order chi connectivity index (χ1) is 16.1. The predicted octanol–water partition coefficient (Wildman–Crippen LogP) is 4.06. The Balaban J connectivity index is 1.77. The van der Waals surface area contributed by atoms with Gasteiger partial charge in [-0.2, -0.15) is 0 Å². The number of nitrogens with zero attached hydrogens (tertiary/aromatic N) is 1.